The average Bonchev–Trinajstić information content (AvgIpc) is 2.32. The molecule has 0 saturated carbocycles. The third-order valence-corrected chi connectivity index (χ3v) is 1.97. The smallest absolute Gasteiger partial charge is 0.169 e. The summed E-state index contributed by atoms with van der Waals surface area (Å²) >= 11 is 0. The lowest BCUT2D eigenvalue weighted by Crippen LogP contribution is -2.05. The Hall–Kier alpha value is -2.34. The highest BCUT2D eigenvalue weighted by Crippen LogP contribution is 2.25. The van der Waals surface area contributed by atoms with Crippen molar-refractivity contribution in [3.8, 4) is 12.1 Å². The van der Waals surface area contributed by atoms with Crippen molar-refractivity contribution >= 4 is 6.08 Å². The van der Waals surface area contributed by atoms with Crippen molar-refractivity contribution in [3.05, 3.63) is 40.5 Å². The van der Waals surface area contributed by atoms with Gasteiger partial charge in [0.25, 0.3) is 0 Å². The fraction of sp³-hybridized carbons (Fsp3) is 0.0909. The van der Waals surface area contributed by atoms with Crippen LogP contribution in [0.5, 0.6) is 0 Å². The zero-order valence-corrected chi connectivity index (χ0v) is 8.27. The maximum absolute atomic E-state index is 13.3. The SMILES string of the molecule is N#C/C=C/c1c(F)c(F)c(CC#N)c(F)c1F. The normalized spacial score (nSPS) is 10.2. The van der Waals surface area contributed by atoms with Crippen molar-refractivity contribution in [1.29, 1.82) is 10.5 Å². The summed E-state index contributed by atoms with van der Waals surface area (Å²) in [5, 5.41) is 16.5. The first-order valence-electron chi connectivity index (χ1n) is 4.32. The van der Waals surface area contributed by atoms with Gasteiger partial charge in [0, 0.05) is 11.6 Å². The van der Waals surface area contributed by atoms with Gasteiger partial charge in [-0.25, -0.2) is 17.6 Å². The van der Waals surface area contributed by atoms with Crippen LogP contribution in [0.3, 0.4) is 0 Å². The summed E-state index contributed by atoms with van der Waals surface area (Å²) in [6.07, 6.45) is 0.519. The second kappa shape index (κ2) is 5.13. The third-order valence-electron chi connectivity index (χ3n) is 1.97. The summed E-state index contributed by atoms with van der Waals surface area (Å²) in [5.74, 6) is -6.49. The van der Waals surface area contributed by atoms with Gasteiger partial charge in [0.15, 0.2) is 23.3 Å². The molecule has 0 aromatic heterocycles. The van der Waals surface area contributed by atoms with Crippen molar-refractivity contribution in [2.24, 2.45) is 0 Å². The van der Waals surface area contributed by atoms with Gasteiger partial charge in [-0.15, -0.1) is 0 Å². The molecule has 0 fully saturated rings. The van der Waals surface area contributed by atoms with Crippen molar-refractivity contribution in [2.75, 3.05) is 0 Å². The Morgan fingerprint density at radius 2 is 1.47 bits per heavy atom. The molecule has 0 amide bonds. The molecule has 0 bridgehead atoms. The summed E-state index contributed by atoms with van der Waals surface area (Å²) in [7, 11) is 0. The van der Waals surface area contributed by atoms with E-state index in [-0.39, 0.29) is 0 Å². The molecule has 0 aliphatic rings. The van der Waals surface area contributed by atoms with Crippen molar-refractivity contribution in [3.63, 3.8) is 0 Å². The van der Waals surface area contributed by atoms with Crippen LogP contribution in [0, 0.1) is 45.9 Å². The molecule has 0 radical (unpaired) electrons. The van der Waals surface area contributed by atoms with E-state index in [0.29, 0.717) is 12.2 Å². The highest BCUT2D eigenvalue weighted by Gasteiger charge is 2.23. The van der Waals surface area contributed by atoms with E-state index in [0.717, 1.165) is 0 Å². The molecule has 0 N–H and O–H groups in total. The van der Waals surface area contributed by atoms with Crippen molar-refractivity contribution in [1.82, 2.24) is 0 Å². The first-order chi connectivity index (χ1) is 8.04. The van der Waals surface area contributed by atoms with Crippen LogP contribution in [0.4, 0.5) is 17.6 Å². The van der Waals surface area contributed by atoms with E-state index in [9.17, 15) is 17.6 Å². The topological polar surface area (TPSA) is 47.6 Å². The molecule has 1 rings (SSSR count). The van der Waals surface area contributed by atoms with Gasteiger partial charge < -0.3 is 0 Å². The van der Waals surface area contributed by atoms with Crippen molar-refractivity contribution in [2.45, 2.75) is 6.42 Å². The Kier molecular flexibility index (Phi) is 3.84. The molecule has 17 heavy (non-hydrogen) atoms. The quantitative estimate of drug-likeness (QED) is 0.453. The standard InChI is InChI=1S/C11H4F4N2/c12-8-6(2-1-4-16)9(13)11(15)7(3-5-17)10(8)14/h1-2H,3H2/b2-1+. The summed E-state index contributed by atoms with van der Waals surface area (Å²) in [6.45, 7) is 0. The molecule has 1 aromatic carbocycles. The minimum Gasteiger partial charge on any atom is -0.203 e. The van der Waals surface area contributed by atoms with Crippen LogP contribution in [0.2, 0.25) is 0 Å². The minimum absolute atomic E-state index is 0.618. The van der Waals surface area contributed by atoms with Gasteiger partial charge >= 0.3 is 0 Å². The fourth-order valence-electron chi connectivity index (χ4n) is 1.20. The van der Waals surface area contributed by atoms with Gasteiger partial charge in [0.2, 0.25) is 0 Å². The first kappa shape index (κ1) is 12.7. The summed E-state index contributed by atoms with van der Waals surface area (Å²) in [5.41, 5.74) is -1.94. The molecular weight excluding hydrogens is 236 g/mol. The van der Waals surface area contributed by atoms with Crippen LogP contribution in [-0.4, -0.2) is 0 Å². The zero-order chi connectivity index (χ0) is 13.0. The molecule has 1 aromatic rings. The van der Waals surface area contributed by atoms with E-state index in [4.69, 9.17) is 10.5 Å². The van der Waals surface area contributed by atoms with E-state index in [2.05, 4.69) is 0 Å². The molecule has 2 nitrogen and oxygen atoms in total. The van der Waals surface area contributed by atoms with Crippen molar-refractivity contribution < 1.29 is 17.6 Å². The molecule has 0 aliphatic carbocycles. The van der Waals surface area contributed by atoms with E-state index in [1.807, 2.05) is 0 Å². The van der Waals surface area contributed by atoms with Crippen LogP contribution < -0.4 is 0 Å². The fourth-order valence-corrected chi connectivity index (χ4v) is 1.20. The number of halogens is 4. The van der Waals surface area contributed by atoms with Gasteiger partial charge in [0.05, 0.1) is 24.1 Å². The average molecular weight is 240 g/mol. The zero-order valence-electron chi connectivity index (χ0n) is 8.27. The molecular formula is C11H4F4N2. The monoisotopic (exact) mass is 240 g/mol. The lowest BCUT2D eigenvalue weighted by Gasteiger charge is -2.06. The summed E-state index contributed by atoms with van der Waals surface area (Å²) < 4.78 is 53.1. The van der Waals surface area contributed by atoms with E-state index >= 15 is 0 Å². The molecule has 0 saturated heterocycles. The lowest BCUT2D eigenvalue weighted by molar-refractivity contribution is 0.440. The van der Waals surface area contributed by atoms with E-state index in [1.54, 1.807) is 0 Å². The number of nitrogens with zero attached hydrogens (tertiary/aromatic N) is 2. The Bertz CT molecular complexity index is 535. The molecule has 6 heteroatoms. The van der Waals surface area contributed by atoms with Crippen LogP contribution in [0.15, 0.2) is 6.08 Å². The largest absolute Gasteiger partial charge is 0.203 e. The number of nitriles is 2. The maximum Gasteiger partial charge on any atom is 0.169 e. The molecule has 0 aliphatic heterocycles. The Morgan fingerprint density at radius 3 is 1.88 bits per heavy atom. The van der Waals surface area contributed by atoms with Gasteiger partial charge in [-0.1, -0.05) is 0 Å². The predicted octanol–water partition coefficient (Wildman–Crippen LogP) is 2.85. The number of hydrogen-bond acceptors (Lipinski definition) is 2. The molecule has 0 unspecified atom stereocenters. The molecule has 86 valence electrons. The van der Waals surface area contributed by atoms with E-state index in [1.165, 1.54) is 12.1 Å². The lowest BCUT2D eigenvalue weighted by atomic mass is 10.1. The van der Waals surface area contributed by atoms with E-state index < -0.39 is 40.8 Å². The highest BCUT2D eigenvalue weighted by molar-refractivity contribution is 5.54. The van der Waals surface area contributed by atoms with Crippen LogP contribution in [0.25, 0.3) is 6.08 Å². The van der Waals surface area contributed by atoms with Gasteiger partial charge in [-0.05, 0) is 6.08 Å². The Balaban J connectivity index is 3.54. The summed E-state index contributed by atoms with van der Waals surface area (Å²) in [6, 6.07) is 2.84. The van der Waals surface area contributed by atoms with Gasteiger partial charge in [-0.2, -0.15) is 10.5 Å². The minimum atomic E-state index is -1.62. The number of hydrogen-bond donors (Lipinski definition) is 0. The second-order valence-corrected chi connectivity index (χ2v) is 2.95. The van der Waals surface area contributed by atoms with Crippen LogP contribution in [-0.2, 0) is 6.42 Å². The Labute approximate surface area is 94.0 Å². The van der Waals surface area contributed by atoms with Crippen LogP contribution in [0.1, 0.15) is 11.1 Å². The highest BCUT2D eigenvalue weighted by atomic mass is 19.2. The first-order valence-corrected chi connectivity index (χ1v) is 4.32. The number of benzene rings is 1. The number of rotatable bonds is 2. The molecule has 0 atom stereocenters. The predicted molar refractivity (Wildman–Crippen MR) is 50.2 cm³/mol. The second-order valence-electron chi connectivity index (χ2n) is 2.95. The van der Waals surface area contributed by atoms with Gasteiger partial charge in [-0.3, -0.25) is 0 Å². The molecule has 0 heterocycles. The van der Waals surface area contributed by atoms with Crippen LogP contribution >= 0.6 is 0 Å². The number of allylic oxidation sites excluding steroid dienone is 1. The third kappa shape index (κ3) is 2.26. The maximum atomic E-state index is 13.3. The van der Waals surface area contributed by atoms with Gasteiger partial charge in [0.1, 0.15) is 0 Å². The molecule has 0 spiro atoms. The Morgan fingerprint density at radius 1 is 0.941 bits per heavy atom. The summed E-state index contributed by atoms with van der Waals surface area (Å²) in [4.78, 5) is 0.